The molecular formula is C8H11BrClN3O3. The van der Waals surface area contributed by atoms with Crippen LogP contribution in [-0.4, -0.2) is 34.1 Å². The predicted octanol–water partition coefficient (Wildman–Crippen LogP) is 0.328. The SMILES string of the molecule is CCC1(N)NC(Br)=C(Cl)N(CC(=O)O)C1=O. The lowest BCUT2D eigenvalue weighted by molar-refractivity contribution is -0.146. The zero-order valence-corrected chi connectivity index (χ0v) is 10.8. The number of halogens is 2. The number of hydrogen-bond acceptors (Lipinski definition) is 4. The van der Waals surface area contributed by atoms with Crippen LogP contribution < -0.4 is 11.1 Å². The Morgan fingerprint density at radius 2 is 2.31 bits per heavy atom. The van der Waals surface area contributed by atoms with Gasteiger partial charge in [0.2, 0.25) is 0 Å². The Hall–Kier alpha value is -0.790. The second-order valence-electron chi connectivity index (χ2n) is 3.34. The number of nitrogens with one attached hydrogen (secondary N) is 1. The van der Waals surface area contributed by atoms with E-state index in [4.69, 9.17) is 22.4 Å². The van der Waals surface area contributed by atoms with E-state index in [0.717, 1.165) is 4.90 Å². The van der Waals surface area contributed by atoms with E-state index >= 15 is 0 Å². The van der Waals surface area contributed by atoms with Crippen molar-refractivity contribution in [1.82, 2.24) is 10.2 Å². The van der Waals surface area contributed by atoms with Crippen LogP contribution in [0.1, 0.15) is 13.3 Å². The molecule has 4 N–H and O–H groups in total. The lowest BCUT2D eigenvalue weighted by Gasteiger charge is -2.38. The smallest absolute Gasteiger partial charge is 0.323 e. The fraction of sp³-hybridized carbons (Fsp3) is 0.500. The molecule has 0 saturated carbocycles. The van der Waals surface area contributed by atoms with E-state index in [1.165, 1.54) is 0 Å². The average molecular weight is 313 g/mol. The number of rotatable bonds is 3. The average Bonchev–Trinajstić information content (AvgIpc) is 2.21. The van der Waals surface area contributed by atoms with Gasteiger partial charge in [-0.2, -0.15) is 0 Å². The first-order valence-corrected chi connectivity index (χ1v) is 5.65. The van der Waals surface area contributed by atoms with Gasteiger partial charge in [-0.05, 0) is 22.4 Å². The summed E-state index contributed by atoms with van der Waals surface area (Å²) >= 11 is 8.91. The molecule has 8 heteroatoms. The van der Waals surface area contributed by atoms with E-state index in [1.54, 1.807) is 6.92 Å². The molecule has 1 atom stereocenters. The monoisotopic (exact) mass is 311 g/mol. The van der Waals surface area contributed by atoms with E-state index in [1.807, 2.05) is 0 Å². The second kappa shape index (κ2) is 4.60. The molecule has 0 aromatic carbocycles. The van der Waals surface area contributed by atoms with Crippen LogP contribution in [0.15, 0.2) is 9.76 Å². The van der Waals surface area contributed by atoms with Crippen molar-refractivity contribution in [3.05, 3.63) is 9.76 Å². The summed E-state index contributed by atoms with van der Waals surface area (Å²) in [6.07, 6.45) is 0.307. The van der Waals surface area contributed by atoms with Gasteiger partial charge in [0.25, 0.3) is 5.91 Å². The minimum Gasteiger partial charge on any atom is -0.480 e. The van der Waals surface area contributed by atoms with Crippen LogP contribution >= 0.6 is 27.5 Å². The molecule has 16 heavy (non-hydrogen) atoms. The Balaban J connectivity index is 3.10. The summed E-state index contributed by atoms with van der Waals surface area (Å²) < 4.78 is 0.305. The van der Waals surface area contributed by atoms with E-state index < -0.39 is 24.1 Å². The first-order chi connectivity index (χ1) is 7.31. The van der Waals surface area contributed by atoms with Crippen LogP contribution in [0.4, 0.5) is 0 Å². The summed E-state index contributed by atoms with van der Waals surface area (Å²) in [4.78, 5) is 23.4. The van der Waals surface area contributed by atoms with E-state index in [0.29, 0.717) is 11.0 Å². The molecule has 0 fully saturated rings. The van der Waals surface area contributed by atoms with Gasteiger partial charge in [-0.1, -0.05) is 18.5 Å². The molecule has 0 bridgehead atoms. The third kappa shape index (κ3) is 2.31. The Kier molecular flexibility index (Phi) is 3.82. The molecule has 1 aliphatic rings. The molecule has 90 valence electrons. The highest BCUT2D eigenvalue weighted by atomic mass is 79.9. The highest BCUT2D eigenvalue weighted by Crippen LogP contribution is 2.27. The molecule has 6 nitrogen and oxygen atoms in total. The van der Waals surface area contributed by atoms with Crippen molar-refractivity contribution >= 4 is 39.4 Å². The van der Waals surface area contributed by atoms with Crippen LogP contribution in [0.2, 0.25) is 0 Å². The van der Waals surface area contributed by atoms with Crippen molar-refractivity contribution in [3.8, 4) is 0 Å². The van der Waals surface area contributed by atoms with Gasteiger partial charge >= 0.3 is 5.97 Å². The number of carbonyl (C=O) groups excluding carboxylic acids is 1. The minimum atomic E-state index is -1.33. The third-order valence-corrected chi connectivity index (χ3v) is 3.42. The lowest BCUT2D eigenvalue weighted by Crippen LogP contribution is -2.66. The molecule has 0 aliphatic carbocycles. The largest absolute Gasteiger partial charge is 0.480 e. The molecular weight excluding hydrogens is 301 g/mol. The number of nitrogens with zero attached hydrogens (tertiary/aromatic N) is 1. The Morgan fingerprint density at radius 1 is 1.75 bits per heavy atom. The predicted molar refractivity (Wildman–Crippen MR) is 61.5 cm³/mol. The number of amides is 1. The van der Waals surface area contributed by atoms with Gasteiger partial charge < -0.3 is 16.2 Å². The highest BCUT2D eigenvalue weighted by molar-refractivity contribution is 9.11. The number of aliphatic carboxylic acids is 1. The quantitative estimate of drug-likeness (QED) is 0.653. The zero-order valence-electron chi connectivity index (χ0n) is 8.46. The van der Waals surface area contributed by atoms with E-state index in [2.05, 4.69) is 21.2 Å². The maximum Gasteiger partial charge on any atom is 0.323 e. The lowest BCUT2D eigenvalue weighted by atomic mass is 10.1. The van der Waals surface area contributed by atoms with Crippen molar-refractivity contribution in [2.45, 2.75) is 19.0 Å². The van der Waals surface area contributed by atoms with Crippen molar-refractivity contribution in [2.24, 2.45) is 5.73 Å². The van der Waals surface area contributed by atoms with E-state index in [-0.39, 0.29) is 5.16 Å². The van der Waals surface area contributed by atoms with Gasteiger partial charge in [0.1, 0.15) is 16.3 Å². The fourth-order valence-electron chi connectivity index (χ4n) is 1.27. The molecule has 0 spiro atoms. The maximum absolute atomic E-state index is 11.9. The summed E-state index contributed by atoms with van der Waals surface area (Å²) in [5.41, 5.74) is 4.48. The molecule has 1 unspecified atom stereocenters. The summed E-state index contributed by atoms with van der Waals surface area (Å²) in [7, 11) is 0. The number of nitrogens with two attached hydrogens (primary N) is 1. The normalized spacial score (nSPS) is 25.8. The molecule has 0 aromatic rings. The number of carboxylic acid groups (broad SMARTS) is 1. The molecule has 1 rings (SSSR count). The van der Waals surface area contributed by atoms with Crippen molar-refractivity contribution < 1.29 is 14.7 Å². The number of carboxylic acids is 1. The molecule has 0 radical (unpaired) electrons. The standard InChI is InChI=1S/C8H11BrClN3O3/c1-2-8(11)7(16)13(3-4(14)15)6(10)5(9)12-8/h12H,2-3,11H2,1H3,(H,14,15). The second-order valence-corrected chi connectivity index (χ2v) is 4.49. The summed E-state index contributed by atoms with van der Waals surface area (Å²) in [6.45, 7) is 1.19. The summed E-state index contributed by atoms with van der Waals surface area (Å²) in [6, 6.07) is 0. The Bertz CT molecular complexity index is 374. The number of carbonyl (C=O) groups is 2. The third-order valence-electron chi connectivity index (χ3n) is 2.23. The van der Waals surface area contributed by atoms with Gasteiger partial charge in [0.05, 0.1) is 0 Å². The minimum absolute atomic E-state index is 0.0121. The van der Waals surface area contributed by atoms with Crippen molar-refractivity contribution in [3.63, 3.8) is 0 Å². The van der Waals surface area contributed by atoms with Gasteiger partial charge in [-0.15, -0.1) is 0 Å². The van der Waals surface area contributed by atoms with Crippen LogP contribution in [0.25, 0.3) is 0 Å². The highest BCUT2D eigenvalue weighted by Gasteiger charge is 2.42. The van der Waals surface area contributed by atoms with Crippen LogP contribution in [-0.2, 0) is 9.59 Å². The first-order valence-electron chi connectivity index (χ1n) is 4.48. The molecule has 1 amide bonds. The summed E-state index contributed by atoms with van der Waals surface area (Å²) in [5, 5.41) is 11.4. The van der Waals surface area contributed by atoms with Crippen LogP contribution in [0, 0.1) is 0 Å². The molecule has 0 saturated heterocycles. The topological polar surface area (TPSA) is 95.7 Å². The van der Waals surface area contributed by atoms with E-state index in [9.17, 15) is 9.59 Å². The van der Waals surface area contributed by atoms with Gasteiger partial charge in [-0.3, -0.25) is 14.5 Å². The first kappa shape index (κ1) is 13.3. The maximum atomic E-state index is 11.9. The molecule has 1 aliphatic heterocycles. The zero-order chi connectivity index (χ0) is 12.5. The van der Waals surface area contributed by atoms with Gasteiger partial charge in [0, 0.05) is 0 Å². The number of hydrogen-bond donors (Lipinski definition) is 3. The van der Waals surface area contributed by atoms with Gasteiger partial charge in [-0.25, -0.2) is 0 Å². The van der Waals surface area contributed by atoms with Crippen molar-refractivity contribution in [2.75, 3.05) is 6.54 Å². The van der Waals surface area contributed by atoms with Gasteiger partial charge in [0.15, 0.2) is 5.66 Å². The summed E-state index contributed by atoms with van der Waals surface area (Å²) in [5.74, 6) is -1.72. The van der Waals surface area contributed by atoms with Crippen molar-refractivity contribution in [1.29, 1.82) is 0 Å². The Morgan fingerprint density at radius 3 is 2.75 bits per heavy atom. The Labute approximate surface area is 106 Å². The fourth-order valence-corrected chi connectivity index (χ4v) is 2.02. The molecule has 0 aromatic heterocycles. The van der Waals surface area contributed by atoms with Crippen LogP contribution in [0.5, 0.6) is 0 Å². The van der Waals surface area contributed by atoms with Crippen LogP contribution in [0.3, 0.4) is 0 Å². The molecule has 1 heterocycles.